The molecule has 0 aromatic heterocycles. The third-order valence-corrected chi connectivity index (χ3v) is 2.15. The molecule has 1 aliphatic rings. The zero-order chi connectivity index (χ0) is 7.94. The molecule has 11 heavy (non-hydrogen) atoms. The molecule has 0 atom stereocenters. The third kappa shape index (κ3) is 3.42. The fourth-order valence-electron chi connectivity index (χ4n) is 1.53. The molecule has 0 saturated heterocycles. The van der Waals surface area contributed by atoms with Gasteiger partial charge in [-0.15, -0.1) is 0 Å². The van der Waals surface area contributed by atoms with Crippen molar-refractivity contribution in [2.24, 2.45) is 5.92 Å². The summed E-state index contributed by atoms with van der Waals surface area (Å²) in [6.45, 7) is 0. The number of hydrogen-bond donors (Lipinski definition) is 0. The van der Waals surface area contributed by atoms with Gasteiger partial charge in [0.25, 0.3) is 0 Å². The van der Waals surface area contributed by atoms with Gasteiger partial charge in [-0.3, -0.25) is 0 Å². The fraction of sp³-hybridized carbons (Fsp3) is 0.778. The molecule has 0 aromatic carbocycles. The molecule has 0 heterocycles. The first-order chi connectivity index (χ1) is 5.43. The second-order valence-electron chi connectivity index (χ2n) is 2.99. The van der Waals surface area contributed by atoms with Crippen LogP contribution in [0.25, 0.3) is 0 Å². The van der Waals surface area contributed by atoms with E-state index in [9.17, 15) is 0 Å². The van der Waals surface area contributed by atoms with Crippen LogP contribution in [0.3, 0.4) is 0 Å². The molecule has 0 aromatic rings. The maximum atomic E-state index is 4.66. The molecule has 64 valence electrons. The van der Waals surface area contributed by atoms with Gasteiger partial charge in [0.1, 0.15) is 6.26 Å². The maximum Gasteiger partial charge on any atom is 0.125 e. The minimum Gasteiger partial charge on any atom is -0.346 e. The van der Waals surface area contributed by atoms with Crippen LogP contribution in [0.2, 0.25) is 0 Å². The Balaban J connectivity index is 2.13. The van der Waals surface area contributed by atoms with Crippen LogP contribution in [-0.2, 0) is 9.78 Å². The highest BCUT2D eigenvalue weighted by Crippen LogP contribution is 2.24. The van der Waals surface area contributed by atoms with E-state index < -0.39 is 0 Å². The minimum atomic E-state index is 0.721. The molecular weight excluding hydrogens is 140 g/mol. The standard InChI is InChI=1S/C9H16O2/c1-10-11-8-7-9-5-3-2-4-6-9/h7-9H,2-6H2,1H3/b8-7+. The summed E-state index contributed by atoms with van der Waals surface area (Å²) in [5.41, 5.74) is 0. The molecule has 1 aliphatic carbocycles. The largest absolute Gasteiger partial charge is 0.346 e. The van der Waals surface area contributed by atoms with Gasteiger partial charge in [0.15, 0.2) is 0 Å². The van der Waals surface area contributed by atoms with Gasteiger partial charge in [0.2, 0.25) is 0 Å². The molecule has 0 amide bonds. The van der Waals surface area contributed by atoms with Crippen LogP contribution in [-0.4, -0.2) is 7.11 Å². The summed E-state index contributed by atoms with van der Waals surface area (Å²) >= 11 is 0. The van der Waals surface area contributed by atoms with E-state index >= 15 is 0 Å². The molecule has 1 rings (SSSR count). The van der Waals surface area contributed by atoms with Crippen LogP contribution < -0.4 is 0 Å². The lowest BCUT2D eigenvalue weighted by Crippen LogP contribution is -2.02. The summed E-state index contributed by atoms with van der Waals surface area (Å²) in [6.07, 6.45) is 10.5. The molecule has 0 unspecified atom stereocenters. The Morgan fingerprint density at radius 2 is 1.91 bits per heavy atom. The highest BCUT2D eigenvalue weighted by atomic mass is 17.2. The van der Waals surface area contributed by atoms with E-state index in [0.29, 0.717) is 0 Å². The Hall–Kier alpha value is -0.500. The van der Waals surface area contributed by atoms with E-state index in [1.807, 2.05) is 0 Å². The van der Waals surface area contributed by atoms with E-state index in [2.05, 4.69) is 15.9 Å². The average Bonchev–Trinajstić information content (AvgIpc) is 2.07. The monoisotopic (exact) mass is 156 g/mol. The van der Waals surface area contributed by atoms with Crippen molar-refractivity contribution in [2.75, 3.05) is 7.11 Å². The molecule has 0 bridgehead atoms. The van der Waals surface area contributed by atoms with Gasteiger partial charge in [-0.1, -0.05) is 19.3 Å². The van der Waals surface area contributed by atoms with Crippen molar-refractivity contribution < 1.29 is 9.78 Å². The number of hydrogen-bond acceptors (Lipinski definition) is 2. The quantitative estimate of drug-likeness (QED) is 0.355. The van der Waals surface area contributed by atoms with Gasteiger partial charge in [-0.2, -0.15) is 4.89 Å². The van der Waals surface area contributed by atoms with E-state index in [0.717, 1.165) is 5.92 Å². The van der Waals surface area contributed by atoms with Gasteiger partial charge in [-0.05, 0) is 24.8 Å². The molecule has 0 aliphatic heterocycles. The first-order valence-electron chi connectivity index (χ1n) is 4.29. The SMILES string of the molecule is COO/C=C/C1CCCCC1. The van der Waals surface area contributed by atoms with Crippen LogP contribution in [0, 0.1) is 5.92 Å². The van der Waals surface area contributed by atoms with Crippen molar-refractivity contribution in [3.63, 3.8) is 0 Å². The highest BCUT2D eigenvalue weighted by molar-refractivity contribution is 4.84. The smallest absolute Gasteiger partial charge is 0.125 e. The molecule has 1 fully saturated rings. The molecule has 2 heteroatoms. The van der Waals surface area contributed by atoms with Crippen molar-refractivity contribution in [2.45, 2.75) is 32.1 Å². The Morgan fingerprint density at radius 1 is 1.18 bits per heavy atom. The molecule has 0 N–H and O–H groups in total. The van der Waals surface area contributed by atoms with E-state index in [-0.39, 0.29) is 0 Å². The Kier molecular flexibility index (Phi) is 4.06. The van der Waals surface area contributed by atoms with Crippen LogP contribution in [0.15, 0.2) is 12.3 Å². The average molecular weight is 156 g/mol. The molecule has 0 spiro atoms. The Bertz CT molecular complexity index is 115. The molecule has 1 saturated carbocycles. The summed E-state index contributed by atoms with van der Waals surface area (Å²) < 4.78 is 0. The van der Waals surface area contributed by atoms with Crippen molar-refractivity contribution >= 4 is 0 Å². The minimum absolute atomic E-state index is 0.721. The summed E-state index contributed by atoms with van der Waals surface area (Å²) in [6, 6.07) is 0. The zero-order valence-electron chi connectivity index (χ0n) is 7.08. The lowest BCUT2D eigenvalue weighted by molar-refractivity contribution is -0.223. The maximum absolute atomic E-state index is 4.66. The summed E-state index contributed by atoms with van der Waals surface area (Å²) in [5, 5.41) is 0. The molecule has 2 nitrogen and oxygen atoms in total. The van der Waals surface area contributed by atoms with Crippen LogP contribution >= 0.6 is 0 Å². The van der Waals surface area contributed by atoms with Gasteiger partial charge in [0, 0.05) is 0 Å². The second kappa shape index (κ2) is 5.19. The first kappa shape index (κ1) is 8.60. The fourth-order valence-corrected chi connectivity index (χ4v) is 1.53. The molecular formula is C9H16O2. The summed E-state index contributed by atoms with van der Waals surface area (Å²) in [5.74, 6) is 0.721. The van der Waals surface area contributed by atoms with Crippen LogP contribution in [0.5, 0.6) is 0 Å². The number of rotatable bonds is 3. The van der Waals surface area contributed by atoms with E-state index in [1.165, 1.54) is 39.2 Å². The second-order valence-corrected chi connectivity index (χ2v) is 2.99. The predicted molar refractivity (Wildman–Crippen MR) is 43.8 cm³/mol. The van der Waals surface area contributed by atoms with Gasteiger partial charge in [-0.25, -0.2) is 0 Å². The van der Waals surface area contributed by atoms with Gasteiger partial charge < -0.3 is 4.89 Å². The van der Waals surface area contributed by atoms with Gasteiger partial charge >= 0.3 is 0 Å². The van der Waals surface area contributed by atoms with Crippen LogP contribution in [0.1, 0.15) is 32.1 Å². The van der Waals surface area contributed by atoms with Crippen molar-refractivity contribution in [1.82, 2.24) is 0 Å². The van der Waals surface area contributed by atoms with E-state index in [1.54, 1.807) is 6.26 Å². The van der Waals surface area contributed by atoms with E-state index in [4.69, 9.17) is 0 Å². The zero-order valence-corrected chi connectivity index (χ0v) is 7.08. The lowest BCUT2D eigenvalue weighted by atomic mass is 9.89. The summed E-state index contributed by atoms with van der Waals surface area (Å²) in [7, 11) is 1.52. The van der Waals surface area contributed by atoms with Gasteiger partial charge in [0.05, 0.1) is 7.11 Å². The Labute approximate surface area is 68.1 Å². The number of allylic oxidation sites excluding steroid dienone is 1. The van der Waals surface area contributed by atoms with Crippen molar-refractivity contribution in [3.8, 4) is 0 Å². The van der Waals surface area contributed by atoms with Crippen LogP contribution in [0.4, 0.5) is 0 Å². The topological polar surface area (TPSA) is 18.5 Å². The first-order valence-corrected chi connectivity index (χ1v) is 4.29. The Morgan fingerprint density at radius 3 is 2.55 bits per heavy atom. The predicted octanol–water partition coefficient (Wildman–Crippen LogP) is 2.66. The summed E-state index contributed by atoms with van der Waals surface area (Å²) in [4.78, 5) is 9.10. The van der Waals surface area contributed by atoms with Crippen molar-refractivity contribution in [3.05, 3.63) is 12.3 Å². The molecule has 0 radical (unpaired) electrons. The lowest BCUT2D eigenvalue weighted by Gasteiger charge is -2.17. The highest BCUT2D eigenvalue weighted by Gasteiger charge is 2.09. The van der Waals surface area contributed by atoms with Crippen molar-refractivity contribution in [1.29, 1.82) is 0 Å². The third-order valence-electron chi connectivity index (χ3n) is 2.15. The normalized spacial score (nSPS) is 20.8.